The van der Waals surface area contributed by atoms with E-state index in [0.29, 0.717) is 34.0 Å². The summed E-state index contributed by atoms with van der Waals surface area (Å²) >= 11 is 0. The van der Waals surface area contributed by atoms with Crippen LogP contribution in [0.25, 0.3) is 21.9 Å². The fourth-order valence-corrected chi connectivity index (χ4v) is 5.12. The molecule has 0 spiro atoms. The number of hydrogen-bond donors (Lipinski definition) is 1. The largest absolute Gasteiger partial charge is 0.310 e. The lowest BCUT2D eigenvalue weighted by molar-refractivity contribution is -0.117. The van der Waals surface area contributed by atoms with Gasteiger partial charge >= 0.3 is 0 Å². The van der Waals surface area contributed by atoms with E-state index in [4.69, 9.17) is 10.3 Å². The molecule has 0 aliphatic heterocycles. The minimum absolute atomic E-state index is 0.0978. The van der Waals surface area contributed by atoms with Gasteiger partial charge in [-0.3, -0.25) is 9.78 Å². The molecule has 2 unspecified atom stereocenters. The summed E-state index contributed by atoms with van der Waals surface area (Å²) in [5.74, 6) is -0.679. The van der Waals surface area contributed by atoms with Crippen LogP contribution in [0.1, 0.15) is 35.1 Å². The molecule has 8 heteroatoms. The lowest BCUT2D eigenvalue weighted by Crippen LogP contribution is -2.15. The van der Waals surface area contributed by atoms with Gasteiger partial charge in [-0.05, 0) is 48.1 Å². The Morgan fingerprint density at radius 2 is 1.69 bits per heavy atom. The van der Waals surface area contributed by atoms with E-state index in [-0.39, 0.29) is 34.8 Å². The molecule has 1 N–H and O–H groups in total. The van der Waals surface area contributed by atoms with E-state index in [2.05, 4.69) is 21.4 Å². The molecular weight excluding hydrogens is 532 g/mol. The van der Waals surface area contributed by atoms with E-state index in [1.165, 1.54) is 6.20 Å². The zero-order chi connectivity index (χ0) is 29.2. The van der Waals surface area contributed by atoms with Crippen molar-refractivity contribution >= 4 is 33.9 Å². The predicted molar refractivity (Wildman–Crippen MR) is 159 cm³/mol. The highest BCUT2D eigenvalue weighted by atomic mass is 19.3. The van der Waals surface area contributed by atoms with E-state index in [1.807, 2.05) is 67.6 Å². The molecule has 42 heavy (non-hydrogen) atoms. The Bertz CT molecular complexity index is 1830. The van der Waals surface area contributed by atoms with Crippen LogP contribution in [0.3, 0.4) is 0 Å². The molecular formula is C34H25F2N5O. The van der Waals surface area contributed by atoms with Crippen LogP contribution in [0.4, 0.5) is 20.3 Å². The number of nitrogens with one attached hydrogen (secondary N) is 1. The third-order valence-electron chi connectivity index (χ3n) is 7.45. The molecule has 0 bridgehead atoms. The number of benzene rings is 3. The molecule has 2 aromatic heterocycles. The topological polar surface area (TPSA) is 91.0 Å². The Kier molecular flexibility index (Phi) is 7.24. The molecule has 6 nitrogen and oxygen atoms in total. The molecule has 1 saturated carbocycles. The number of rotatable bonds is 7. The SMILES string of the molecule is Cc1ccncc1-c1cc2cc(NC(=O)C3CC3C#N)ncc2c(N=C(c2ccccc2)c2ccccc2)c1C(F)F. The Balaban J connectivity index is 1.61. The Morgan fingerprint density at radius 3 is 2.29 bits per heavy atom. The summed E-state index contributed by atoms with van der Waals surface area (Å²) in [5, 5.41) is 12.9. The van der Waals surface area contributed by atoms with Gasteiger partial charge < -0.3 is 5.32 Å². The maximum atomic E-state index is 15.1. The second-order valence-electron chi connectivity index (χ2n) is 10.2. The maximum absolute atomic E-state index is 15.1. The first-order valence-corrected chi connectivity index (χ1v) is 13.5. The van der Waals surface area contributed by atoms with Crippen LogP contribution in [-0.2, 0) is 4.79 Å². The molecule has 1 aliphatic carbocycles. The summed E-state index contributed by atoms with van der Waals surface area (Å²) in [6.07, 6.45) is 2.32. The molecule has 0 saturated heterocycles. The number of nitrogens with zero attached hydrogens (tertiary/aromatic N) is 4. The molecule has 2 heterocycles. The van der Waals surface area contributed by atoms with E-state index in [1.54, 1.807) is 30.6 Å². The van der Waals surface area contributed by atoms with Gasteiger partial charge in [0.1, 0.15) is 5.82 Å². The molecule has 5 aromatic rings. The second kappa shape index (κ2) is 11.3. The fourth-order valence-electron chi connectivity index (χ4n) is 5.12. The number of carbonyl (C=O) groups is 1. The van der Waals surface area contributed by atoms with Crippen molar-refractivity contribution < 1.29 is 13.6 Å². The zero-order valence-electron chi connectivity index (χ0n) is 22.6. The lowest BCUT2D eigenvalue weighted by atomic mass is 9.92. The van der Waals surface area contributed by atoms with Crippen molar-refractivity contribution in [2.45, 2.75) is 19.8 Å². The number of alkyl halides is 2. The zero-order valence-corrected chi connectivity index (χ0v) is 22.6. The van der Waals surface area contributed by atoms with Gasteiger partial charge in [-0.1, -0.05) is 60.7 Å². The summed E-state index contributed by atoms with van der Waals surface area (Å²) in [4.78, 5) is 26.2. The van der Waals surface area contributed by atoms with Gasteiger partial charge in [0, 0.05) is 40.7 Å². The van der Waals surface area contributed by atoms with Gasteiger partial charge in [0.2, 0.25) is 5.91 Å². The summed E-state index contributed by atoms with van der Waals surface area (Å²) < 4.78 is 30.2. The van der Waals surface area contributed by atoms with Crippen LogP contribution < -0.4 is 5.32 Å². The first-order chi connectivity index (χ1) is 20.4. The lowest BCUT2D eigenvalue weighted by Gasteiger charge is -2.18. The number of aryl methyl sites for hydroxylation is 1. The van der Waals surface area contributed by atoms with Crippen LogP contribution >= 0.6 is 0 Å². The second-order valence-corrected chi connectivity index (χ2v) is 10.2. The summed E-state index contributed by atoms with van der Waals surface area (Å²) in [7, 11) is 0. The van der Waals surface area contributed by atoms with Crippen molar-refractivity contribution in [1.82, 2.24) is 9.97 Å². The highest BCUT2D eigenvalue weighted by Gasteiger charge is 2.43. The van der Waals surface area contributed by atoms with Crippen LogP contribution in [0, 0.1) is 30.1 Å². The van der Waals surface area contributed by atoms with Crippen molar-refractivity contribution in [2.75, 3.05) is 5.32 Å². The number of anilines is 1. The Labute approximate surface area is 241 Å². The summed E-state index contributed by atoms with van der Waals surface area (Å²) in [6.45, 7) is 1.85. The van der Waals surface area contributed by atoms with Crippen LogP contribution in [0.2, 0.25) is 0 Å². The molecule has 2 atom stereocenters. The number of fused-ring (bicyclic) bond motifs is 1. The molecule has 0 radical (unpaired) electrons. The van der Waals surface area contributed by atoms with E-state index in [0.717, 1.165) is 16.7 Å². The third kappa shape index (κ3) is 5.25. The maximum Gasteiger partial charge on any atom is 0.266 e. The van der Waals surface area contributed by atoms with Crippen molar-refractivity contribution in [3.63, 3.8) is 0 Å². The average Bonchev–Trinajstić information content (AvgIpc) is 3.81. The van der Waals surface area contributed by atoms with E-state index < -0.39 is 6.43 Å². The number of pyridine rings is 2. The normalized spacial score (nSPS) is 15.7. The molecule has 1 amide bonds. The van der Waals surface area contributed by atoms with E-state index >= 15 is 8.78 Å². The monoisotopic (exact) mass is 557 g/mol. The molecule has 206 valence electrons. The minimum Gasteiger partial charge on any atom is -0.310 e. The van der Waals surface area contributed by atoms with Crippen molar-refractivity contribution in [1.29, 1.82) is 5.26 Å². The summed E-state index contributed by atoms with van der Waals surface area (Å²) in [6, 6.07) is 26.1. The first kappa shape index (κ1) is 26.9. The fraction of sp³-hybridized carbons (Fsp3) is 0.147. The number of aliphatic imine (C=N–C) groups is 1. The van der Waals surface area contributed by atoms with Gasteiger partial charge in [0.05, 0.1) is 34.9 Å². The van der Waals surface area contributed by atoms with Crippen molar-refractivity contribution in [2.24, 2.45) is 16.8 Å². The van der Waals surface area contributed by atoms with Crippen LogP contribution in [0.5, 0.6) is 0 Å². The number of halogens is 2. The number of carbonyl (C=O) groups excluding carboxylic acids is 1. The quantitative estimate of drug-likeness (QED) is 0.207. The van der Waals surface area contributed by atoms with Gasteiger partial charge in [0.25, 0.3) is 6.43 Å². The van der Waals surface area contributed by atoms with Crippen LogP contribution in [0.15, 0.2) is 102 Å². The Morgan fingerprint density at radius 1 is 1.00 bits per heavy atom. The first-order valence-electron chi connectivity index (χ1n) is 13.5. The standard InChI is InChI=1S/C34H25F2N5O/c1-20-12-13-38-18-27(20)26-14-23-16-29(40-34(42)25-15-24(25)17-37)39-19-28(23)32(30(26)33(35)36)41-31(21-8-4-2-5-9-21)22-10-6-3-7-11-22/h2-14,16,18-19,24-25,33H,15H2,1H3,(H,39,40,42). The van der Waals surface area contributed by atoms with Gasteiger partial charge in [-0.2, -0.15) is 5.26 Å². The number of nitriles is 1. The third-order valence-corrected chi connectivity index (χ3v) is 7.45. The predicted octanol–water partition coefficient (Wildman–Crippen LogP) is 7.81. The van der Waals surface area contributed by atoms with Gasteiger partial charge in [-0.15, -0.1) is 0 Å². The molecule has 1 aliphatic rings. The molecule has 6 rings (SSSR count). The highest BCUT2D eigenvalue weighted by molar-refractivity contribution is 6.15. The highest BCUT2D eigenvalue weighted by Crippen LogP contribution is 2.45. The van der Waals surface area contributed by atoms with Gasteiger partial charge in [0.15, 0.2) is 0 Å². The average molecular weight is 558 g/mol. The minimum atomic E-state index is -2.85. The van der Waals surface area contributed by atoms with Gasteiger partial charge in [-0.25, -0.2) is 18.8 Å². The smallest absolute Gasteiger partial charge is 0.266 e. The Hall–Kier alpha value is -5.29. The number of hydrogen-bond acceptors (Lipinski definition) is 5. The van der Waals surface area contributed by atoms with Crippen LogP contribution in [-0.4, -0.2) is 21.6 Å². The molecule has 3 aromatic carbocycles. The van der Waals surface area contributed by atoms with Crippen molar-refractivity contribution in [3.05, 3.63) is 120 Å². The number of amides is 1. The summed E-state index contributed by atoms with van der Waals surface area (Å²) in [5.41, 5.74) is 3.60. The number of aromatic nitrogens is 2. The van der Waals surface area contributed by atoms with Crippen molar-refractivity contribution in [3.8, 4) is 17.2 Å². The van der Waals surface area contributed by atoms with E-state index in [9.17, 15) is 4.79 Å². The molecule has 1 fully saturated rings.